The molecule has 0 aliphatic carbocycles. The van der Waals surface area contributed by atoms with E-state index in [0.29, 0.717) is 35.8 Å². The number of ether oxygens (including phenoxy) is 3. The Morgan fingerprint density at radius 3 is 2.56 bits per heavy atom. The Morgan fingerprint density at radius 1 is 1.03 bits per heavy atom. The minimum atomic E-state index is -0.640. The molecule has 0 aromatic heterocycles. The minimum absolute atomic E-state index is 0.0167. The van der Waals surface area contributed by atoms with Crippen LogP contribution >= 0.6 is 0 Å². The van der Waals surface area contributed by atoms with E-state index in [0.717, 1.165) is 5.56 Å². The highest BCUT2D eigenvalue weighted by molar-refractivity contribution is 6.13. The lowest BCUT2D eigenvalue weighted by Gasteiger charge is -2.13. The molecule has 4 rings (SSSR count). The number of aliphatic imine (C=N–C) groups is 1. The van der Waals surface area contributed by atoms with Crippen LogP contribution in [0.15, 0.2) is 77.4 Å². The van der Waals surface area contributed by atoms with Gasteiger partial charge < -0.3 is 14.2 Å². The lowest BCUT2D eigenvalue weighted by Crippen LogP contribution is -2.05. The highest BCUT2D eigenvalue weighted by atomic mass is 16.6. The van der Waals surface area contributed by atoms with Gasteiger partial charge in [0.15, 0.2) is 17.2 Å². The number of nitrogens with zero attached hydrogens (tertiary/aromatic N) is 2. The van der Waals surface area contributed by atoms with Crippen LogP contribution in [0.1, 0.15) is 29.2 Å². The van der Waals surface area contributed by atoms with Crippen LogP contribution in [0.25, 0.3) is 6.08 Å². The van der Waals surface area contributed by atoms with Crippen molar-refractivity contribution in [2.45, 2.75) is 20.5 Å². The van der Waals surface area contributed by atoms with E-state index in [1.54, 1.807) is 30.3 Å². The van der Waals surface area contributed by atoms with Crippen molar-refractivity contribution in [2.75, 3.05) is 6.61 Å². The van der Waals surface area contributed by atoms with Crippen LogP contribution in [0.5, 0.6) is 11.5 Å². The van der Waals surface area contributed by atoms with Crippen LogP contribution in [0.4, 0.5) is 5.69 Å². The zero-order chi connectivity index (χ0) is 24.1. The zero-order valence-corrected chi connectivity index (χ0v) is 18.7. The van der Waals surface area contributed by atoms with E-state index in [1.165, 1.54) is 23.8 Å². The van der Waals surface area contributed by atoms with Crippen LogP contribution in [0, 0.1) is 17.0 Å². The van der Waals surface area contributed by atoms with Gasteiger partial charge in [-0.3, -0.25) is 10.1 Å². The second kappa shape index (κ2) is 9.99. The van der Waals surface area contributed by atoms with Crippen molar-refractivity contribution in [1.82, 2.24) is 0 Å². The number of esters is 1. The van der Waals surface area contributed by atoms with Crippen molar-refractivity contribution in [3.63, 3.8) is 0 Å². The van der Waals surface area contributed by atoms with Gasteiger partial charge in [-0.2, -0.15) is 0 Å². The second-order valence-corrected chi connectivity index (χ2v) is 7.56. The number of non-ortho nitro benzene ring substituents is 1. The molecular weight excluding hydrogens is 436 g/mol. The zero-order valence-electron chi connectivity index (χ0n) is 18.7. The fourth-order valence-electron chi connectivity index (χ4n) is 3.29. The third kappa shape index (κ3) is 5.29. The Labute approximate surface area is 196 Å². The third-order valence-electron chi connectivity index (χ3n) is 5.01. The summed E-state index contributed by atoms with van der Waals surface area (Å²) in [7, 11) is 0. The number of nitro groups is 1. The van der Waals surface area contributed by atoms with E-state index in [2.05, 4.69) is 4.99 Å². The number of rotatable bonds is 8. The van der Waals surface area contributed by atoms with Gasteiger partial charge in [0.05, 0.1) is 11.5 Å². The monoisotopic (exact) mass is 458 g/mol. The number of aryl methyl sites for hydroxylation is 1. The van der Waals surface area contributed by atoms with E-state index < -0.39 is 10.9 Å². The molecule has 3 aromatic carbocycles. The molecule has 0 amide bonds. The summed E-state index contributed by atoms with van der Waals surface area (Å²) in [5, 5.41) is 11.0. The van der Waals surface area contributed by atoms with Gasteiger partial charge in [0, 0.05) is 17.7 Å². The number of carbonyl (C=O) groups is 1. The summed E-state index contributed by atoms with van der Waals surface area (Å²) < 4.78 is 16.9. The first-order chi connectivity index (χ1) is 16.4. The van der Waals surface area contributed by atoms with Crippen molar-refractivity contribution in [1.29, 1.82) is 0 Å². The molecule has 0 radical (unpaired) electrons. The number of nitro benzene ring substituents is 1. The van der Waals surface area contributed by atoms with Crippen LogP contribution in [0.3, 0.4) is 0 Å². The van der Waals surface area contributed by atoms with Gasteiger partial charge in [-0.1, -0.05) is 42.0 Å². The average molecular weight is 458 g/mol. The minimum Gasteiger partial charge on any atom is -0.490 e. The first kappa shape index (κ1) is 22.7. The standard InChI is InChI=1S/C26H22N2O6/c1-3-32-24-14-19(11-12-23(24)33-16-18-9-7-17(2)8-10-18)13-22-26(29)34-25(27-22)20-5-4-6-21(15-20)28(30)31/h4-15H,3,16H2,1-2H3. The molecule has 0 unspecified atom stereocenters. The molecule has 8 nitrogen and oxygen atoms in total. The molecular formula is C26H22N2O6. The van der Waals surface area contributed by atoms with Crippen molar-refractivity contribution in [3.05, 3.63) is 105 Å². The molecule has 1 aliphatic heterocycles. The van der Waals surface area contributed by atoms with Crippen LogP contribution < -0.4 is 9.47 Å². The van der Waals surface area contributed by atoms with Gasteiger partial charge in [-0.25, -0.2) is 9.79 Å². The average Bonchev–Trinajstić information content (AvgIpc) is 3.20. The van der Waals surface area contributed by atoms with Crippen molar-refractivity contribution < 1.29 is 23.9 Å². The van der Waals surface area contributed by atoms with Crippen molar-refractivity contribution >= 4 is 23.6 Å². The number of hydrogen-bond donors (Lipinski definition) is 0. The first-order valence-corrected chi connectivity index (χ1v) is 10.7. The van der Waals surface area contributed by atoms with Crippen LogP contribution in [-0.4, -0.2) is 23.4 Å². The third-order valence-corrected chi connectivity index (χ3v) is 5.01. The quantitative estimate of drug-likeness (QED) is 0.198. The summed E-state index contributed by atoms with van der Waals surface area (Å²) >= 11 is 0. The maximum Gasteiger partial charge on any atom is 0.363 e. The normalized spacial score (nSPS) is 14.0. The molecule has 0 bridgehead atoms. The SMILES string of the molecule is CCOc1cc(C=C2N=C(c3cccc([N+](=O)[O-])c3)OC2=O)ccc1OCc1ccc(C)cc1. The summed E-state index contributed by atoms with van der Waals surface area (Å²) in [6, 6.07) is 19.2. The molecule has 0 spiro atoms. The molecule has 0 saturated heterocycles. The molecule has 0 N–H and O–H groups in total. The molecule has 172 valence electrons. The van der Waals surface area contributed by atoms with E-state index in [1.807, 2.05) is 38.1 Å². The first-order valence-electron chi connectivity index (χ1n) is 10.7. The van der Waals surface area contributed by atoms with E-state index >= 15 is 0 Å². The highest BCUT2D eigenvalue weighted by Gasteiger charge is 2.25. The number of hydrogen-bond acceptors (Lipinski definition) is 7. The lowest BCUT2D eigenvalue weighted by molar-refractivity contribution is -0.384. The van der Waals surface area contributed by atoms with Gasteiger partial charge in [0.2, 0.25) is 5.90 Å². The Bertz CT molecular complexity index is 1290. The second-order valence-electron chi connectivity index (χ2n) is 7.56. The predicted molar refractivity (Wildman–Crippen MR) is 127 cm³/mol. The number of benzene rings is 3. The largest absolute Gasteiger partial charge is 0.490 e. The van der Waals surface area contributed by atoms with Gasteiger partial charge >= 0.3 is 5.97 Å². The number of carbonyl (C=O) groups excluding carboxylic acids is 1. The van der Waals surface area contributed by atoms with Crippen LogP contribution in [-0.2, 0) is 16.1 Å². The molecule has 1 heterocycles. The molecule has 0 saturated carbocycles. The van der Waals surface area contributed by atoms with Crippen molar-refractivity contribution in [2.24, 2.45) is 4.99 Å². The summed E-state index contributed by atoms with van der Waals surface area (Å²) in [6.07, 6.45) is 1.57. The molecule has 0 atom stereocenters. The fraction of sp³-hybridized carbons (Fsp3) is 0.154. The van der Waals surface area contributed by atoms with Gasteiger partial charge in [-0.15, -0.1) is 0 Å². The molecule has 3 aromatic rings. The summed E-state index contributed by atoms with van der Waals surface area (Å²) in [4.78, 5) is 27.1. The van der Waals surface area contributed by atoms with Crippen LogP contribution in [0.2, 0.25) is 0 Å². The summed E-state index contributed by atoms with van der Waals surface area (Å²) in [5.74, 6) is 0.500. The summed E-state index contributed by atoms with van der Waals surface area (Å²) in [6.45, 7) is 4.74. The highest BCUT2D eigenvalue weighted by Crippen LogP contribution is 2.31. The predicted octanol–water partition coefficient (Wildman–Crippen LogP) is 5.23. The Morgan fingerprint density at radius 2 is 1.82 bits per heavy atom. The number of cyclic esters (lactones) is 1. The van der Waals surface area contributed by atoms with Gasteiger partial charge in [-0.05, 0) is 49.2 Å². The summed E-state index contributed by atoms with van der Waals surface area (Å²) in [5.41, 5.74) is 3.20. The Balaban J connectivity index is 1.56. The Hall–Kier alpha value is -4.46. The van der Waals surface area contributed by atoms with E-state index in [-0.39, 0.29) is 17.3 Å². The molecule has 0 fully saturated rings. The smallest absolute Gasteiger partial charge is 0.363 e. The molecule has 8 heteroatoms. The maximum absolute atomic E-state index is 12.3. The van der Waals surface area contributed by atoms with E-state index in [4.69, 9.17) is 14.2 Å². The van der Waals surface area contributed by atoms with Crippen molar-refractivity contribution in [3.8, 4) is 11.5 Å². The topological polar surface area (TPSA) is 100 Å². The fourth-order valence-corrected chi connectivity index (χ4v) is 3.29. The molecule has 1 aliphatic rings. The lowest BCUT2D eigenvalue weighted by atomic mass is 10.1. The Kier molecular flexibility index (Phi) is 6.68. The molecule has 34 heavy (non-hydrogen) atoms. The van der Waals surface area contributed by atoms with E-state index in [9.17, 15) is 14.9 Å². The van der Waals surface area contributed by atoms with Gasteiger partial charge in [0.25, 0.3) is 5.69 Å². The maximum atomic E-state index is 12.3. The van der Waals surface area contributed by atoms with Gasteiger partial charge in [0.1, 0.15) is 6.61 Å².